The van der Waals surface area contributed by atoms with Crippen LogP contribution in [0.4, 0.5) is 5.69 Å². The van der Waals surface area contributed by atoms with Gasteiger partial charge in [0.2, 0.25) is 5.91 Å². The maximum atomic E-state index is 12.6. The average molecular weight is 361 g/mol. The van der Waals surface area contributed by atoms with Crippen LogP contribution in [0.25, 0.3) is 0 Å². The van der Waals surface area contributed by atoms with Gasteiger partial charge >= 0.3 is 0 Å². The molecule has 0 atom stereocenters. The molecule has 0 bridgehead atoms. The third-order valence-electron chi connectivity index (χ3n) is 3.09. The fourth-order valence-electron chi connectivity index (χ4n) is 2.05. The van der Waals surface area contributed by atoms with Crippen molar-refractivity contribution in [2.24, 2.45) is 5.73 Å². The Hall–Kier alpha value is -2.50. The van der Waals surface area contributed by atoms with Gasteiger partial charge in [-0.15, -0.1) is 11.8 Å². The number of nitrogens with one attached hydrogen (secondary N) is 1. The highest BCUT2D eigenvalue weighted by Gasteiger charge is 2.19. The molecule has 2 aromatic carbocycles. The topological polar surface area (TPSA) is 113 Å². The highest BCUT2D eigenvalue weighted by atomic mass is 32.2. The van der Waals surface area contributed by atoms with Crippen LogP contribution in [0, 0.1) is 18.3 Å². The van der Waals surface area contributed by atoms with Crippen LogP contribution in [-0.4, -0.2) is 20.1 Å². The van der Waals surface area contributed by atoms with Gasteiger partial charge < -0.3 is 5.73 Å². The minimum atomic E-state index is -3.82. The molecule has 0 saturated heterocycles. The molecule has 0 radical (unpaired) electrons. The molecule has 124 valence electrons. The number of carbonyl (C=O) groups excluding carboxylic acids is 1. The number of nitriles is 1. The van der Waals surface area contributed by atoms with Crippen LogP contribution >= 0.6 is 11.8 Å². The minimum absolute atomic E-state index is 0.0502. The summed E-state index contributed by atoms with van der Waals surface area (Å²) in [6.45, 7) is 1.63. The van der Waals surface area contributed by atoms with E-state index in [-0.39, 0.29) is 10.6 Å². The van der Waals surface area contributed by atoms with Gasteiger partial charge in [0.05, 0.1) is 28.0 Å². The van der Waals surface area contributed by atoms with E-state index in [4.69, 9.17) is 11.0 Å². The Labute approximate surface area is 144 Å². The standard InChI is InChI=1S/C16H15N3O3S2/c1-11-8-12(9-17)6-7-15(11)24(21,22)19-13-4-2-3-5-14(13)23-10-16(18)20/h2-8,19H,10H2,1H3,(H2,18,20). The van der Waals surface area contributed by atoms with Gasteiger partial charge in [0.15, 0.2) is 0 Å². The number of amides is 1. The zero-order chi connectivity index (χ0) is 17.7. The number of carbonyl (C=O) groups is 1. The molecule has 0 spiro atoms. The SMILES string of the molecule is Cc1cc(C#N)ccc1S(=O)(=O)Nc1ccccc1SCC(N)=O. The van der Waals surface area contributed by atoms with Crippen LogP contribution < -0.4 is 10.5 Å². The molecule has 0 aromatic heterocycles. The first-order valence-corrected chi connectivity index (χ1v) is 9.34. The van der Waals surface area contributed by atoms with Crippen molar-refractivity contribution in [2.45, 2.75) is 16.7 Å². The van der Waals surface area contributed by atoms with Gasteiger partial charge in [0.25, 0.3) is 10.0 Å². The summed E-state index contributed by atoms with van der Waals surface area (Å²) in [7, 11) is -3.82. The number of anilines is 1. The number of thioether (sulfide) groups is 1. The summed E-state index contributed by atoms with van der Waals surface area (Å²) >= 11 is 1.16. The molecule has 8 heteroatoms. The van der Waals surface area contributed by atoms with Crippen LogP contribution in [0.5, 0.6) is 0 Å². The molecule has 0 aliphatic heterocycles. The third-order valence-corrected chi connectivity index (χ3v) is 5.72. The molecule has 24 heavy (non-hydrogen) atoms. The molecule has 0 unspecified atom stereocenters. The van der Waals surface area contributed by atoms with Crippen molar-refractivity contribution in [1.82, 2.24) is 0 Å². The molecule has 2 aromatic rings. The fourth-order valence-corrected chi connectivity index (χ4v) is 4.17. The quantitative estimate of drug-likeness (QED) is 0.766. The monoisotopic (exact) mass is 361 g/mol. The Balaban J connectivity index is 2.33. The zero-order valence-corrected chi connectivity index (χ0v) is 14.4. The van der Waals surface area contributed by atoms with E-state index in [0.29, 0.717) is 21.7 Å². The molecular weight excluding hydrogens is 346 g/mol. The number of nitrogens with two attached hydrogens (primary N) is 1. The predicted molar refractivity (Wildman–Crippen MR) is 93.1 cm³/mol. The Morgan fingerprint density at radius 1 is 1.29 bits per heavy atom. The van der Waals surface area contributed by atoms with Crippen molar-refractivity contribution in [1.29, 1.82) is 5.26 Å². The minimum Gasteiger partial charge on any atom is -0.369 e. The molecule has 6 nitrogen and oxygen atoms in total. The second-order valence-corrected chi connectivity index (χ2v) is 7.62. The molecule has 0 aliphatic rings. The van der Waals surface area contributed by atoms with Crippen molar-refractivity contribution in [3.8, 4) is 6.07 Å². The maximum absolute atomic E-state index is 12.6. The van der Waals surface area contributed by atoms with Gasteiger partial charge in [-0.1, -0.05) is 12.1 Å². The number of aryl methyl sites for hydroxylation is 1. The average Bonchev–Trinajstić information content (AvgIpc) is 2.53. The van der Waals surface area contributed by atoms with E-state index in [1.54, 1.807) is 31.2 Å². The lowest BCUT2D eigenvalue weighted by molar-refractivity contribution is -0.115. The van der Waals surface area contributed by atoms with Gasteiger partial charge in [0, 0.05) is 4.90 Å². The first-order valence-electron chi connectivity index (χ1n) is 6.87. The van der Waals surface area contributed by atoms with Gasteiger partial charge in [-0.05, 0) is 42.8 Å². The van der Waals surface area contributed by atoms with Crippen LogP contribution in [0.15, 0.2) is 52.3 Å². The molecule has 0 aliphatic carbocycles. The summed E-state index contributed by atoms with van der Waals surface area (Å²) in [6, 6.07) is 13.1. The van der Waals surface area contributed by atoms with Gasteiger partial charge in [0.1, 0.15) is 0 Å². The largest absolute Gasteiger partial charge is 0.369 e. The number of hydrogen-bond donors (Lipinski definition) is 2. The molecule has 2 rings (SSSR count). The lowest BCUT2D eigenvalue weighted by Crippen LogP contribution is -2.16. The lowest BCUT2D eigenvalue weighted by Gasteiger charge is -2.13. The zero-order valence-electron chi connectivity index (χ0n) is 12.8. The van der Waals surface area contributed by atoms with E-state index in [0.717, 1.165) is 11.8 Å². The van der Waals surface area contributed by atoms with E-state index in [9.17, 15) is 13.2 Å². The summed E-state index contributed by atoms with van der Waals surface area (Å²) in [5, 5.41) is 8.88. The second kappa shape index (κ2) is 7.38. The van der Waals surface area contributed by atoms with Crippen LogP contribution in [0.2, 0.25) is 0 Å². The molecule has 1 amide bonds. The van der Waals surface area contributed by atoms with E-state index >= 15 is 0 Å². The molecule has 0 heterocycles. The van der Waals surface area contributed by atoms with Crippen molar-refractivity contribution in [2.75, 3.05) is 10.5 Å². The number of sulfonamides is 1. The molecule has 0 saturated carbocycles. The Bertz CT molecular complexity index is 918. The summed E-state index contributed by atoms with van der Waals surface area (Å²) in [4.78, 5) is 11.6. The number of nitrogens with zero attached hydrogens (tertiary/aromatic N) is 1. The predicted octanol–water partition coefficient (Wildman–Crippen LogP) is 2.24. The summed E-state index contributed by atoms with van der Waals surface area (Å²) < 4.78 is 27.8. The van der Waals surface area contributed by atoms with E-state index < -0.39 is 15.9 Å². The number of para-hydroxylation sites is 1. The highest BCUT2D eigenvalue weighted by Crippen LogP contribution is 2.29. The van der Waals surface area contributed by atoms with E-state index in [2.05, 4.69) is 4.72 Å². The lowest BCUT2D eigenvalue weighted by atomic mass is 10.2. The van der Waals surface area contributed by atoms with Crippen molar-refractivity contribution in [3.63, 3.8) is 0 Å². The normalized spacial score (nSPS) is 10.8. The molecule has 0 fully saturated rings. The highest BCUT2D eigenvalue weighted by molar-refractivity contribution is 8.00. The van der Waals surface area contributed by atoms with Crippen LogP contribution in [-0.2, 0) is 14.8 Å². The Morgan fingerprint density at radius 3 is 2.62 bits per heavy atom. The number of rotatable bonds is 6. The third kappa shape index (κ3) is 4.28. The number of primary amides is 1. The van der Waals surface area contributed by atoms with Crippen LogP contribution in [0.3, 0.4) is 0 Å². The summed E-state index contributed by atoms with van der Waals surface area (Å²) in [6.07, 6.45) is 0. The number of hydrogen-bond acceptors (Lipinski definition) is 5. The number of benzene rings is 2. The Morgan fingerprint density at radius 2 is 2.00 bits per heavy atom. The van der Waals surface area contributed by atoms with E-state index in [1.165, 1.54) is 18.2 Å². The van der Waals surface area contributed by atoms with Gasteiger partial charge in [-0.25, -0.2) is 8.42 Å². The molecular formula is C16H15N3O3S2. The Kier molecular flexibility index (Phi) is 5.49. The fraction of sp³-hybridized carbons (Fsp3) is 0.125. The smallest absolute Gasteiger partial charge is 0.262 e. The van der Waals surface area contributed by atoms with Crippen LogP contribution in [0.1, 0.15) is 11.1 Å². The summed E-state index contributed by atoms with van der Waals surface area (Å²) in [5.74, 6) is -0.435. The van der Waals surface area contributed by atoms with Gasteiger partial charge in [-0.2, -0.15) is 5.26 Å². The van der Waals surface area contributed by atoms with Crippen molar-refractivity contribution in [3.05, 3.63) is 53.6 Å². The van der Waals surface area contributed by atoms with Gasteiger partial charge in [-0.3, -0.25) is 9.52 Å². The van der Waals surface area contributed by atoms with Crippen molar-refractivity contribution < 1.29 is 13.2 Å². The second-order valence-electron chi connectivity index (χ2n) is 4.95. The maximum Gasteiger partial charge on any atom is 0.262 e. The first kappa shape index (κ1) is 17.8. The molecule has 3 N–H and O–H groups in total. The first-order chi connectivity index (χ1) is 11.3. The van der Waals surface area contributed by atoms with Crippen molar-refractivity contribution >= 4 is 33.4 Å². The van der Waals surface area contributed by atoms with E-state index in [1.807, 2.05) is 6.07 Å². The summed E-state index contributed by atoms with van der Waals surface area (Å²) in [5.41, 5.74) is 6.37.